The summed E-state index contributed by atoms with van der Waals surface area (Å²) in [5, 5.41) is 27.3. The van der Waals surface area contributed by atoms with E-state index in [4.69, 9.17) is 15.3 Å². The molecule has 2 rings (SSSR count). The predicted molar refractivity (Wildman–Crippen MR) is 59.8 cm³/mol. The van der Waals surface area contributed by atoms with E-state index >= 15 is 0 Å². The Hall–Kier alpha value is -1.01. The molecule has 5 heteroatoms. The third-order valence-corrected chi connectivity index (χ3v) is 2.57. The number of hydrogen-bond donors (Lipinski definition) is 3. The third kappa shape index (κ3) is 3.93. The summed E-state index contributed by atoms with van der Waals surface area (Å²) in [6.07, 6.45) is 2.75. The van der Waals surface area contributed by atoms with Gasteiger partial charge in [-0.1, -0.05) is 0 Å². The van der Waals surface area contributed by atoms with Crippen LogP contribution in [0.1, 0.15) is 0 Å². The van der Waals surface area contributed by atoms with E-state index in [2.05, 4.69) is 16.4 Å². The van der Waals surface area contributed by atoms with Crippen LogP contribution in [0.15, 0.2) is 29.9 Å². The second-order valence-electron chi connectivity index (χ2n) is 2.85. The molecule has 2 aromatic heterocycles. The minimum atomic E-state index is -0.954. The minimum Gasteiger partial charge on any atom is -0.394 e. The van der Waals surface area contributed by atoms with Crippen molar-refractivity contribution < 1.29 is 15.3 Å². The monoisotopic (exact) mass is 227 g/mol. The maximum atomic E-state index is 8.17. The largest absolute Gasteiger partial charge is 0.394 e. The fourth-order valence-electron chi connectivity index (χ4n) is 0.865. The van der Waals surface area contributed by atoms with E-state index in [1.54, 1.807) is 11.3 Å². The van der Waals surface area contributed by atoms with Crippen molar-refractivity contribution in [1.29, 1.82) is 0 Å². The molecule has 3 N–H and O–H groups in total. The molecule has 0 unspecified atom stereocenters. The van der Waals surface area contributed by atoms with Crippen LogP contribution in [0, 0.1) is 0 Å². The van der Waals surface area contributed by atoms with E-state index in [-0.39, 0.29) is 13.2 Å². The highest BCUT2D eigenvalue weighted by Crippen LogP contribution is 2.17. The van der Waals surface area contributed by atoms with Crippen LogP contribution in [0.25, 0.3) is 10.1 Å². The smallest absolute Gasteiger partial charge is 0.100 e. The average molecular weight is 227 g/mol. The number of aromatic nitrogens is 1. The number of pyridine rings is 1. The summed E-state index contributed by atoms with van der Waals surface area (Å²) in [7, 11) is 0. The molecule has 0 spiro atoms. The molecular weight excluding hydrogens is 214 g/mol. The lowest BCUT2D eigenvalue weighted by atomic mass is 10.4. The molecule has 0 aliphatic heterocycles. The first-order valence-electron chi connectivity index (χ1n) is 4.45. The van der Waals surface area contributed by atoms with Crippen molar-refractivity contribution in [2.24, 2.45) is 0 Å². The maximum Gasteiger partial charge on any atom is 0.100 e. The summed E-state index contributed by atoms with van der Waals surface area (Å²) >= 11 is 1.75. The van der Waals surface area contributed by atoms with Gasteiger partial charge >= 0.3 is 0 Å². The van der Waals surface area contributed by atoms with E-state index in [1.807, 2.05) is 18.5 Å². The Morgan fingerprint density at radius 1 is 1.27 bits per heavy atom. The number of rotatable bonds is 2. The van der Waals surface area contributed by atoms with Crippen molar-refractivity contribution in [3.05, 3.63) is 29.9 Å². The Morgan fingerprint density at radius 3 is 2.53 bits per heavy atom. The van der Waals surface area contributed by atoms with Gasteiger partial charge in [-0.2, -0.15) is 0 Å². The zero-order valence-electron chi connectivity index (χ0n) is 8.08. The number of aliphatic hydroxyl groups is 3. The van der Waals surface area contributed by atoms with Crippen LogP contribution in [0.3, 0.4) is 0 Å². The first kappa shape index (κ1) is 12.1. The molecule has 2 heterocycles. The standard InChI is InChI=1S/C7H5NS.C3H8O3/c1-3-8-5-6-2-4-9-7(1)6;4-1-3(6)2-5/h1-5H;3-6H,1-2H2. The van der Waals surface area contributed by atoms with E-state index in [9.17, 15) is 0 Å². The van der Waals surface area contributed by atoms with Gasteiger partial charge in [-0.3, -0.25) is 4.98 Å². The summed E-state index contributed by atoms with van der Waals surface area (Å²) in [5.74, 6) is 0. The van der Waals surface area contributed by atoms with Gasteiger partial charge in [0, 0.05) is 22.5 Å². The fraction of sp³-hybridized carbons (Fsp3) is 0.300. The highest BCUT2D eigenvalue weighted by molar-refractivity contribution is 7.17. The molecule has 0 amide bonds. The first-order valence-corrected chi connectivity index (χ1v) is 5.33. The summed E-state index contributed by atoms with van der Waals surface area (Å²) in [4.78, 5) is 3.99. The molecule has 0 radical (unpaired) electrons. The Labute approximate surface area is 91.5 Å². The second-order valence-corrected chi connectivity index (χ2v) is 3.80. The average Bonchev–Trinajstić information content (AvgIpc) is 2.76. The lowest BCUT2D eigenvalue weighted by molar-refractivity contribution is 0.0450. The molecule has 0 aromatic carbocycles. The molecule has 0 bridgehead atoms. The van der Waals surface area contributed by atoms with Gasteiger partial charge in [-0.15, -0.1) is 11.3 Å². The Bertz CT molecular complexity index is 357. The molecule has 4 nitrogen and oxygen atoms in total. The molecule has 82 valence electrons. The fourth-order valence-corrected chi connectivity index (χ4v) is 1.62. The van der Waals surface area contributed by atoms with Crippen molar-refractivity contribution in [1.82, 2.24) is 4.98 Å². The van der Waals surface area contributed by atoms with Crippen LogP contribution in [0.5, 0.6) is 0 Å². The molecule has 0 aliphatic rings. The minimum absolute atomic E-state index is 0.365. The number of nitrogens with zero attached hydrogens (tertiary/aromatic N) is 1. The molecule has 0 atom stereocenters. The van der Waals surface area contributed by atoms with Gasteiger partial charge in [-0.25, -0.2) is 0 Å². The molecule has 15 heavy (non-hydrogen) atoms. The summed E-state index contributed by atoms with van der Waals surface area (Å²) < 4.78 is 1.31. The normalized spacial score (nSPS) is 10.1. The number of fused-ring (bicyclic) bond motifs is 1. The van der Waals surface area contributed by atoms with Crippen LogP contribution >= 0.6 is 11.3 Å². The molecule has 0 fully saturated rings. The molecule has 2 aromatic rings. The number of thiophene rings is 1. The lowest BCUT2D eigenvalue weighted by Crippen LogP contribution is -2.15. The van der Waals surface area contributed by atoms with Gasteiger partial charge in [0.05, 0.1) is 13.2 Å². The van der Waals surface area contributed by atoms with E-state index in [1.165, 1.54) is 10.1 Å². The van der Waals surface area contributed by atoms with E-state index in [0.717, 1.165) is 0 Å². The van der Waals surface area contributed by atoms with Gasteiger partial charge in [-0.05, 0) is 17.5 Å². The predicted octanol–water partition coefficient (Wildman–Crippen LogP) is 0.628. The highest BCUT2D eigenvalue weighted by Gasteiger charge is 1.93. The molecule has 0 saturated carbocycles. The van der Waals surface area contributed by atoms with Crippen molar-refractivity contribution >= 4 is 21.4 Å². The quantitative estimate of drug-likeness (QED) is 0.703. The van der Waals surface area contributed by atoms with Crippen LogP contribution in [-0.2, 0) is 0 Å². The molecule has 0 saturated heterocycles. The SMILES string of the molecule is OCC(O)CO.c1cc2sccc2cn1. The Kier molecular flexibility index (Phi) is 5.20. The van der Waals surface area contributed by atoms with Crippen molar-refractivity contribution in [2.45, 2.75) is 6.10 Å². The highest BCUT2D eigenvalue weighted by atomic mass is 32.1. The van der Waals surface area contributed by atoms with E-state index < -0.39 is 6.10 Å². The zero-order valence-corrected chi connectivity index (χ0v) is 8.89. The van der Waals surface area contributed by atoms with Gasteiger partial charge in [0.25, 0.3) is 0 Å². The maximum absolute atomic E-state index is 8.17. The van der Waals surface area contributed by atoms with Crippen molar-refractivity contribution in [2.75, 3.05) is 13.2 Å². The summed E-state index contributed by atoms with van der Waals surface area (Å²) in [5.41, 5.74) is 0. The Morgan fingerprint density at radius 2 is 2.00 bits per heavy atom. The van der Waals surface area contributed by atoms with Gasteiger partial charge in [0.2, 0.25) is 0 Å². The second kappa shape index (κ2) is 6.47. The van der Waals surface area contributed by atoms with Crippen molar-refractivity contribution in [3.63, 3.8) is 0 Å². The summed E-state index contributed by atoms with van der Waals surface area (Å²) in [6, 6.07) is 4.10. The lowest BCUT2D eigenvalue weighted by Gasteiger charge is -1.96. The summed E-state index contributed by atoms with van der Waals surface area (Å²) in [6.45, 7) is -0.729. The van der Waals surface area contributed by atoms with Crippen LogP contribution in [-0.4, -0.2) is 39.6 Å². The molecule has 0 aliphatic carbocycles. The van der Waals surface area contributed by atoms with E-state index in [0.29, 0.717) is 0 Å². The third-order valence-electron chi connectivity index (χ3n) is 1.67. The van der Waals surface area contributed by atoms with Gasteiger partial charge in [0.1, 0.15) is 6.10 Å². The number of hydrogen-bond acceptors (Lipinski definition) is 5. The van der Waals surface area contributed by atoms with Crippen LogP contribution in [0.4, 0.5) is 0 Å². The zero-order chi connectivity index (χ0) is 11.1. The van der Waals surface area contributed by atoms with Gasteiger partial charge < -0.3 is 15.3 Å². The topological polar surface area (TPSA) is 73.6 Å². The van der Waals surface area contributed by atoms with Crippen LogP contribution < -0.4 is 0 Å². The van der Waals surface area contributed by atoms with Crippen molar-refractivity contribution in [3.8, 4) is 0 Å². The first-order chi connectivity index (χ1) is 7.27. The van der Waals surface area contributed by atoms with Gasteiger partial charge in [0.15, 0.2) is 0 Å². The number of aliphatic hydroxyl groups excluding tert-OH is 3. The van der Waals surface area contributed by atoms with Crippen LogP contribution in [0.2, 0.25) is 0 Å². The Balaban J connectivity index is 0.000000167. The molecular formula is C10H13NO3S.